The molecule has 0 saturated carbocycles. The highest BCUT2D eigenvalue weighted by molar-refractivity contribution is 6.30. The number of aromatic amines is 1. The first-order valence-electron chi connectivity index (χ1n) is 11.6. The molecule has 1 fully saturated rings. The first-order valence-corrected chi connectivity index (χ1v) is 12.0. The Morgan fingerprint density at radius 1 is 0.971 bits per heavy atom. The molecule has 0 aliphatic carbocycles. The predicted octanol–water partition coefficient (Wildman–Crippen LogP) is 4.73. The first-order chi connectivity index (χ1) is 16.9. The fraction of sp³-hybridized carbons (Fsp3) is 0.222. The number of carbonyl (C=O) groups is 2. The van der Waals surface area contributed by atoms with Gasteiger partial charge in [0.05, 0.1) is 11.0 Å². The van der Waals surface area contributed by atoms with E-state index >= 15 is 0 Å². The lowest BCUT2D eigenvalue weighted by Crippen LogP contribution is -2.48. The smallest absolute Gasteiger partial charge is 0.254 e. The molecule has 35 heavy (non-hydrogen) atoms. The fourth-order valence-electron chi connectivity index (χ4n) is 4.38. The zero-order valence-electron chi connectivity index (χ0n) is 19.4. The van der Waals surface area contributed by atoms with E-state index in [9.17, 15) is 9.59 Å². The second-order valence-electron chi connectivity index (χ2n) is 8.73. The number of halogens is 1. The van der Waals surface area contributed by atoms with Gasteiger partial charge in [-0.25, -0.2) is 4.98 Å². The number of hydrogen-bond acceptors (Lipinski definition) is 4. The van der Waals surface area contributed by atoms with Crippen molar-refractivity contribution in [3.63, 3.8) is 0 Å². The van der Waals surface area contributed by atoms with Gasteiger partial charge in [-0.1, -0.05) is 23.7 Å². The van der Waals surface area contributed by atoms with Gasteiger partial charge in [-0.3, -0.25) is 9.59 Å². The Kier molecular flexibility index (Phi) is 6.42. The van der Waals surface area contributed by atoms with Crippen LogP contribution >= 0.6 is 11.6 Å². The molecule has 3 aromatic carbocycles. The summed E-state index contributed by atoms with van der Waals surface area (Å²) >= 11 is 6.00. The molecule has 1 aliphatic heterocycles. The second kappa shape index (κ2) is 9.80. The Balaban J connectivity index is 1.24. The van der Waals surface area contributed by atoms with Crippen molar-refractivity contribution in [2.45, 2.75) is 13.3 Å². The number of hydrogen-bond donors (Lipinski definition) is 2. The molecule has 178 valence electrons. The zero-order chi connectivity index (χ0) is 24.4. The van der Waals surface area contributed by atoms with E-state index in [0.717, 1.165) is 51.9 Å². The SMILES string of the molecule is CC(=O)Nc1ccc(Cc2nc3ccc(C(=O)N4CCN(c5ccc(Cl)cc5)CC4)cc3[nH]2)cc1. The zero-order valence-corrected chi connectivity index (χ0v) is 20.2. The fourth-order valence-corrected chi connectivity index (χ4v) is 4.51. The quantitative estimate of drug-likeness (QED) is 0.426. The van der Waals surface area contributed by atoms with Crippen LogP contribution in [0.5, 0.6) is 0 Å². The molecule has 0 bridgehead atoms. The van der Waals surface area contributed by atoms with Crippen molar-refractivity contribution in [2.75, 3.05) is 36.4 Å². The highest BCUT2D eigenvalue weighted by Gasteiger charge is 2.23. The van der Waals surface area contributed by atoms with Crippen molar-refractivity contribution in [3.8, 4) is 0 Å². The van der Waals surface area contributed by atoms with Gasteiger partial charge in [-0.05, 0) is 60.2 Å². The number of piperazine rings is 1. The van der Waals surface area contributed by atoms with Crippen molar-refractivity contribution in [3.05, 3.63) is 88.7 Å². The minimum atomic E-state index is -0.0937. The lowest BCUT2D eigenvalue weighted by Gasteiger charge is -2.36. The van der Waals surface area contributed by atoms with E-state index in [2.05, 4.69) is 20.2 Å². The molecule has 1 aromatic heterocycles. The van der Waals surface area contributed by atoms with Gasteiger partial charge in [0.2, 0.25) is 5.91 Å². The number of carbonyl (C=O) groups excluding carboxylic acids is 2. The Morgan fingerprint density at radius 3 is 2.37 bits per heavy atom. The lowest BCUT2D eigenvalue weighted by molar-refractivity contribution is -0.114. The van der Waals surface area contributed by atoms with Gasteiger partial charge in [-0.15, -0.1) is 0 Å². The maximum Gasteiger partial charge on any atom is 0.254 e. The van der Waals surface area contributed by atoms with Gasteiger partial charge in [0.25, 0.3) is 5.91 Å². The minimum absolute atomic E-state index is 0.0346. The molecule has 2 heterocycles. The van der Waals surface area contributed by atoms with E-state index in [1.165, 1.54) is 6.92 Å². The van der Waals surface area contributed by atoms with Crippen molar-refractivity contribution in [1.82, 2.24) is 14.9 Å². The Labute approximate surface area is 208 Å². The molecule has 8 heteroatoms. The lowest BCUT2D eigenvalue weighted by atomic mass is 10.1. The van der Waals surface area contributed by atoms with Gasteiger partial charge in [0.1, 0.15) is 5.82 Å². The number of imidazole rings is 1. The average Bonchev–Trinajstić information content (AvgIpc) is 3.26. The van der Waals surface area contributed by atoms with Crippen LogP contribution < -0.4 is 10.2 Å². The molecule has 1 saturated heterocycles. The number of H-pyrrole nitrogens is 1. The van der Waals surface area contributed by atoms with Gasteiger partial charge >= 0.3 is 0 Å². The number of rotatable bonds is 5. The predicted molar refractivity (Wildman–Crippen MR) is 139 cm³/mol. The normalized spacial score (nSPS) is 13.8. The Hall–Kier alpha value is -3.84. The Bertz CT molecular complexity index is 1360. The van der Waals surface area contributed by atoms with E-state index in [1.807, 2.05) is 71.6 Å². The number of amides is 2. The van der Waals surface area contributed by atoms with Crippen molar-refractivity contribution < 1.29 is 9.59 Å². The van der Waals surface area contributed by atoms with Crippen LogP contribution in [-0.4, -0.2) is 52.9 Å². The number of fused-ring (bicyclic) bond motifs is 1. The van der Waals surface area contributed by atoms with Gasteiger partial charge in [0.15, 0.2) is 0 Å². The highest BCUT2D eigenvalue weighted by Crippen LogP contribution is 2.22. The van der Waals surface area contributed by atoms with Crippen LogP contribution in [0, 0.1) is 0 Å². The molecule has 2 amide bonds. The Morgan fingerprint density at radius 2 is 1.69 bits per heavy atom. The maximum absolute atomic E-state index is 13.2. The second-order valence-corrected chi connectivity index (χ2v) is 9.16. The van der Waals surface area contributed by atoms with Crippen LogP contribution in [0.1, 0.15) is 28.7 Å². The van der Waals surface area contributed by atoms with Crippen molar-refractivity contribution in [2.24, 2.45) is 0 Å². The van der Waals surface area contributed by atoms with Crippen molar-refractivity contribution in [1.29, 1.82) is 0 Å². The average molecular weight is 488 g/mol. The summed E-state index contributed by atoms with van der Waals surface area (Å²) in [6.45, 7) is 4.39. The van der Waals surface area contributed by atoms with Gasteiger partial charge < -0.3 is 20.1 Å². The summed E-state index contributed by atoms with van der Waals surface area (Å²) < 4.78 is 0. The third-order valence-electron chi connectivity index (χ3n) is 6.18. The first kappa shape index (κ1) is 22.9. The third-order valence-corrected chi connectivity index (χ3v) is 6.43. The summed E-state index contributed by atoms with van der Waals surface area (Å²) in [7, 11) is 0. The summed E-state index contributed by atoms with van der Waals surface area (Å²) in [4.78, 5) is 36.6. The molecule has 0 unspecified atom stereocenters. The summed E-state index contributed by atoms with van der Waals surface area (Å²) in [6.07, 6.45) is 0.630. The molecular formula is C27H26ClN5O2. The number of nitrogens with one attached hydrogen (secondary N) is 2. The van der Waals surface area contributed by atoms with Crippen LogP contribution in [0.3, 0.4) is 0 Å². The van der Waals surface area contributed by atoms with Gasteiger partial charge in [-0.2, -0.15) is 0 Å². The minimum Gasteiger partial charge on any atom is -0.368 e. The van der Waals surface area contributed by atoms with E-state index in [4.69, 9.17) is 11.6 Å². The van der Waals surface area contributed by atoms with Crippen LogP contribution in [0.25, 0.3) is 11.0 Å². The summed E-state index contributed by atoms with van der Waals surface area (Å²) in [6, 6.07) is 21.1. The summed E-state index contributed by atoms with van der Waals surface area (Å²) in [5, 5.41) is 3.49. The van der Waals surface area contributed by atoms with E-state index in [1.54, 1.807) is 0 Å². The topological polar surface area (TPSA) is 81.3 Å². The van der Waals surface area contributed by atoms with Gasteiger partial charge in [0, 0.05) is 61.5 Å². The maximum atomic E-state index is 13.2. The molecule has 5 rings (SSSR count). The highest BCUT2D eigenvalue weighted by atomic mass is 35.5. The van der Waals surface area contributed by atoms with Crippen LogP contribution in [-0.2, 0) is 11.2 Å². The van der Waals surface area contributed by atoms with Crippen molar-refractivity contribution >= 4 is 45.8 Å². The molecule has 4 aromatic rings. The molecule has 0 spiro atoms. The third kappa shape index (κ3) is 5.30. The summed E-state index contributed by atoms with van der Waals surface area (Å²) in [5.74, 6) is 0.768. The molecule has 0 atom stereocenters. The van der Waals surface area contributed by atoms with Crippen LogP contribution in [0.15, 0.2) is 66.7 Å². The summed E-state index contributed by atoms with van der Waals surface area (Å²) in [5.41, 5.74) is 5.31. The molecule has 1 aliphatic rings. The van der Waals surface area contributed by atoms with E-state index in [-0.39, 0.29) is 11.8 Å². The number of anilines is 2. The monoisotopic (exact) mass is 487 g/mol. The molecule has 7 nitrogen and oxygen atoms in total. The van der Waals surface area contributed by atoms with Crippen LogP contribution in [0.2, 0.25) is 5.02 Å². The number of nitrogens with zero attached hydrogens (tertiary/aromatic N) is 3. The standard InChI is InChI=1S/C27H26ClN5O2/c1-18(34)29-22-7-2-19(3-8-22)16-26-30-24-11-4-20(17-25(24)31-26)27(35)33-14-12-32(13-15-33)23-9-5-21(28)6-10-23/h2-11,17H,12-16H2,1H3,(H,29,34)(H,30,31). The number of aromatic nitrogens is 2. The largest absolute Gasteiger partial charge is 0.368 e. The molecule has 2 N–H and O–H groups in total. The van der Waals surface area contributed by atoms with E-state index in [0.29, 0.717) is 25.1 Å². The molecular weight excluding hydrogens is 462 g/mol. The van der Waals surface area contributed by atoms with E-state index < -0.39 is 0 Å². The molecule has 0 radical (unpaired) electrons. The van der Waals surface area contributed by atoms with Crippen LogP contribution in [0.4, 0.5) is 11.4 Å². The number of benzene rings is 3.